The average Bonchev–Trinajstić information content (AvgIpc) is 3.04. The zero-order valence-corrected chi connectivity index (χ0v) is 22.7. The molecule has 4 rings (SSSR count). The van der Waals surface area contributed by atoms with Crippen LogP contribution in [0.3, 0.4) is 0 Å². The molecule has 5 nitrogen and oxygen atoms in total. The minimum absolute atomic E-state index is 0.0503. The van der Waals surface area contributed by atoms with E-state index >= 15 is 0 Å². The number of hydrogen-bond donors (Lipinski definition) is 1. The van der Waals surface area contributed by atoms with Crippen LogP contribution in [0.15, 0.2) is 35.2 Å². The third kappa shape index (κ3) is 4.64. The number of rotatable bonds is 5. The van der Waals surface area contributed by atoms with Crippen LogP contribution in [0.25, 0.3) is 17.2 Å². The van der Waals surface area contributed by atoms with Crippen LogP contribution >= 0.6 is 24.0 Å². The lowest BCUT2D eigenvalue weighted by Crippen LogP contribution is -2.34. The summed E-state index contributed by atoms with van der Waals surface area (Å²) in [6.07, 6.45) is 4.05. The van der Waals surface area contributed by atoms with Gasteiger partial charge in [-0.05, 0) is 76.6 Å². The van der Waals surface area contributed by atoms with E-state index in [1.54, 1.807) is 13.2 Å². The quantitative estimate of drug-likeness (QED) is 0.377. The van der Waals surface area contributed by atoms with Crippen LogP contribution in [-0.2, 0) is 20.4 Å². The average molecular weight is 510 g/mol. The van der Waals surface area contributed by atoms with Crippen molar-refractivity contribution in [2.45, 2.75) is 58.3 Å². The van der Waals surface area contributed by atoms with Crippen molar-refractivity contribution < 1.29 is 19.4 Å². The van der Waals surface area contributed by atoms with Gasteiger partial charge in [0.2, 0.25) is 0 Å². The first-order valence-electron chi connectivity index (χ1n) is 11.7. The minimum Gasteiger partial charge on any atom is -0.496 e. The molecule has 35 heavy (non-hydrogen) atoms. The van der Waals surface area contributed by atoms with E-state index < -0.39 is 12.5 Å². The predicted octanol–water partition coefficient (Wildman–Crippen LogP) is 6.31. The molecule has 7 heteroatoms. The molecule has 0 bridgehead atoms. The summed E-state index contributed by atoms with van der Waals surface area (Å²) in [5.41, 5.74) is 6.85. The van der Waals surface area contributed by atoms with Gasteiger partial charge in [0.25, 0.3) is 5.91 Å². The SMILES string of the molecule is COc1cccc(/C=C2\SC(=S)N(CC(=O)O)C2=O)c1-c1cc2c(cc1C)C(C)(C)CCC2(C)C. The second-order valence-electron chi connectivity index (χ2n) is 10.6. The number of carboxylic acids is 1. The number of carboxylic acid groups (broad SMARTS) is 1. The van der Waals surface area contributed by atoms with E-state index in [1.807, 2.05) is 18.2 Å². The second-order valence-corrected chi connectivity index (χ2v) is 12.2. The zero-order chi connectivity index (χ0) is 25.7. The van der Waals surface area contributed by atoms with Crippen molar-refractivity contribution in [2.75, 3.05) is 13.7 Å². The van der Waals surface area contributed by atoms with Gasteiger partial charge in [0, 0.05) is 5.56 Å². The third-order valence-electron chi connectivity index (χ3n) is 7.20. The summed E-state index contributed by atoms with van der Waals surface area (Å²) in [5, 5.41) is 9.15. The van der Waals surface area contributed by atoms with Crippen LogP contribution < -0.4 is 4.74 Å². The lowest BCUT2D eigenvalue weighted by Gasteiger charge is -2.42. The third-order valence-corrected chi connectivity index (χ3v) is 8.58. The Morgan fingerprint density at radius 3 is 2.40 bits per heavy atom. The lowest BCUT2D eigenvalue weighted by molar-refractivity contribution is -0.140. The van der Waals surface area contributed by atoms with Crippen molar-refractivity contribution in [3.63, 3.8) is 0 Å². The predicted molar refractivity (Wildman–Crippen MR) is 146 cm³/mol. The highest BCUT2D eigenvalue weighted by atomic mass is 32.2. The van der Waals surface area contributed by atoms with Gasteiger partial charge in [0.05, 0.1) is 12.0 Å². The van der Waals surface area contributed by atoms with Crippen molar-refractivity contribution >= 4 is 46.3 Å². The molecule has 184 valence electrons. The van der Waals surface area contributed by atoms with E-state index in [1.165, 1.54) is 11.1 Å². The molecular weight excluding hydrogens is 478 g/mol. The summed E-state index contributed by atoms with van der Waals surface area (Å²) in [5.74, 6) is -0.767. The van der Waals surface area contributed by atoms with Gasteiger partial charge in [-0.2, -0.15) is 0 Å². The Balaban J connectivity index is 1.89. The number of thiocarbonyl (C=S) groups is 1. The maximum absolute atomic E-state index is 12.9. The first-order chi connectivity index (χ1) is 16.4. The summed E-state index contributed by atoms with van der Waals surface area (Å²) >= 11 is 6.41. The smallest absolute Gasteiger partial charge is 0.323 e. The molecule has 2 aromatic carbocycles. The van der Waals surface area contributed by atoms with Crippen molar-refractivity contribution in [2.24, 2.45) is 0 Å². The van der Waals surface area contributed by atoms with Crippen molar-refractivity contribution in [1.82, 2.24) is 4.90 Å². The van der Waals surface area contributed by atoms with Crippen LogP contribution in [0.1, 0.15) is 62.8 Å². The van der Waals surface area contributed by atoms with Crippen LogP contribution in [0, 0.1) is 6.92 Å². The molecule has 1 heterocycles. The minimum atomic E-state index is -1.10. The van der Waals surface area contributed by atoms with Gasteiger partial charge >= 0.3 is 5.97 Å². The Morgan fingerprint density at radius 1 is 1.17 bits per heavy atom. The number of carbonyl (C=O) groups excluding carboxylic acids is 1. The second kappa shape index (κ2) is 9.10. The molecule has 1 aliphatic carbocycles. The zero-order valence-electron chi connectivity index (χ0n) is 21.0. The molecule has 0 atom stereocenters. The van der Waals surface area contributed by atoms with E-state index in [0.29, 0.717) is 4.91 Å². The number of benzene rings is 2. The number of carbonyl (C=O) groups is 2. The highest BCUT2D eigenvalue weighted by Crippen LogP contribution is 2.49. The van der Waals surface area contributed by atoms with E-state index in [4.69, 9.17) is 22.1 Å². The van der Waals surface area contributed by atoms with Gasteiger partial charge in [-0.15, -0.1) is 0 Å². The van der Waals surface area contributed by atoms with E-state index in [0.717, 1.165) is 57.5 Å². The number of aryl methyl sites for hydroxylation is 1. The number of thioether (sulfide) groups is 1. The number of ether oxygens (including phenoxy) is 1. The Morgan fingerprint density at radius 2 is 1.80 bits per heavy atom. The highest BCUT2D eigenvalue weighted by molar-refractivity contribution is 8.26. The number of nitrogens with zero attached hydrogens (tertiary/aromatic N) is 1. The van der Waals surface area contributed by atoms with E-state index in [9.17, 15) is 9.59 Å². The molecule has 0 radical (unpaired) electrons. The van der Waals surface area contributed by atoms with E-state index in [2.05, 4.69) is 46.8 Å². The molecule has 2 aromatic rings. The Hall–Kier alpha value is -2.64. The number of hydrogen-bond acceptors (Lipinski definition) is 5. The Labute approximate surface area is 216 Å². The van der Waals surface area contributed by atoms with Crippen molar-refractivity contribution in [3.05, 3.63) is 57.5 Å². The van der Waals surface area contributed by atoms with Gasteiger partial charge in [-0.25, -0.2) is 0 Å². The van der Waals surface area contributed by atoms with Crippen LogP contribution in [0.4, 0.5) is 0 Å². The van der Waals surface area contributed by atoms with Crippen LogP contribution in [0.2, 0.25) is 0 Å². The molecule has 0 saturated carbocycles. The van der Waals surface area contributed by atoms with Gasteiger partial charge in [-0.3, -0.25) is 14.5 Å². The molecule has 2 aliphatic rings. The molecule has 1 aliphatic heterocycles. The highest BCUT2D eigenvalue weighted by Gasteiger charge is 2.38. The molecule has 0 aromatic heterocycles. The summed E-state index contributed by atoms with van der Waals surface area (Å²) in [6, 6.07) is 10.4. The largest absolute Gasteiger partial charge is 0.496 e. The topological polar surface area (TPSA) is 66.8 Å². The Bertz CT molecular complexity index is 1280. The van der Waals surface area contributed by atoms with Crippen molar-refractivity contribution in [1.29, 1.82) is 0 Å². The van der Waals surface area contributed by atoms with Gasteiger partial charge in [-0.1, -0.05) is 69.9 Å². The Kier molecular flexibility index (Phi) is 6.62. The van der Waals surface area contributed by atoms with Crippen molar-refractivity contribution in [3.8, 4) is 16.9 Å². The summed E-state index contributed by atoms with van der Waals surface area (Å²) in [7, 11) is 1.65. The fourth-order valence-electron chi connectivity index (χ4n) is 5.03. The number of aliphatic carboxylic acids is 1. The molecular formula is C28H31NO4S2. The lowest BCUT2D eigenvalue weighted by atomic mass is 9.62. The molecule has 1 amide bonds. The van der Waals surface area contributed by atoms with Gasteiger partial charge in [0.1, 0.15) is 16.6 Å². The van der Waals surface area contributed by atoms with Gasteiger partial charge in [0.15, 0.2) is 0 Å². The maximum Gasteiger partial charge on any atom is 0.323 e. The number of methoxy groups -OCH3 is 1. The first kappa shape index (κ1) is 25.5. The normalized spacial score (nSPS) is 19.7. The number of fused-ring (bicyclic) bond motifs is 1. The summed E-state index contributed by atoms with van der Waals surface area (Å²) in [4.78, 5) is 25.6. The summed E-state index contributed by atoms with van der Waals surface area (Å²) in [6.45, 7) is 10.9. The molecule has 0 unspecified atom stereocenters. The first-order valence-corrected chi connectivity index (χ1v) is 12.9. The standard InChI is InChI=1S/C28H31NO4S2/c1-16-12-19-20(28(4,5)11-10-27(19,2)3)14-18(16)24-17(8-7-9-21(24)33-6)13-22-25(32)29(15-23(30)31)26(34)35-22/h7-9,12-14H,10-11,15H2,1-6H3,(H,30,31)/b22-13-. The molecule has 1 fully saturated rings. The summed E-state index contributed by atoms with van der Waals surface area (Å²) < 4.78 is 6.04. The monoisotopic (exact) mass is 509 g/mol. The van der Waals surface area contributed by atoms with Crippen LogP contribution in [-0.4, -0.2) is 39.9 Å². The molecule has 0 spiro atoms. The van der Waals surface area contributed by atoms with Crippen LogP contribution in [0.5, 0.6) is 5.75 Å². The molecule has 1 N–H and O–H groups in total. The fraction of sp³-hybridized carbons (Fsp3) is 0.393. The maximum atomic E-state index is 12.9. The molecule has 1 saturated heterocycles. The van der Waals surface area contributed by atoms with E-state index in [-0.39, 0.29) is 21.1 Å². The number of amides is 1. The fourth-order valence-corrected chi connectivity index (χ4v) is 6.28. The van der Waals surface area contributed by atoms with Gasteiger partial charge < -0.3 is 9.84 Å².